The highest BCUT2D eigenvalue weighted by atomic mass is 35.5. The van der Waals surface area contributed by atoms with Gasteiger partial charge in [-0.3, -0.25) is 9.59 Å². The first-order valence-electron chi connectivity index (χ1n) is 7.84. The second-order valence-electron chi connectivity index (χ2n) is 6.07. The van der Waals surface area contributed by atoms with E-state index in [-0.39, 0.29) is 16.7 Å². The van der Waals surface area contributed by atoms with Gasteiger partial charge in [0.05, 0.1) is 17.3 Å². The second-order valence-corrected chi connectivity index (χ2v) is 9.40. The standard InChI is InChI=1S/C16H14ClN3O4S2/c17-9-3-4-10-12(8-9)18-15(21)14-11(5-6-20(14)16(10)22)19-26(23,24)13-2-1-7-25-13/h1-4,7-8,11,14,19H,5-6H2,(H,18,21)/t11-,14-/m0/s1. The van der Waals surface area contributed by atoms with Gasteiger partial charge in [-0.1, -0.05) is 17.7 Å². The third kappa shape index (κ3) is 2.90. The molecule has 136 valence electrons. The van der Waals surface area contributed by atoms with Crippen molar-refractivity contribution in [1.29, 1.82) is 0 Å². The summed E-state index contributed by atoms with van der Waals surface area (Å²) >= 11 is 7.05. The van der Waals surface area contributed by atoms with Gasteiger partial charge in [-0.2, -0.15) is 0 Å². The molecule has 2 aliphatic heterocycles. The Hall–Kier alpha value is -1.94. The molecule has 2 amide bonds. The molecule has 1 aromatic heterocycles. The Morgan fingerprint density at radius 3 is 2.81 bits per heavy atom. The summed E-state index contributed by atoms with van der Waals surface area (Å²) in [6.07, 6.45) is 0.358. The molecule has 1 fully saturated rings. The van der Waals surface area contributed by atoms with Crippen LogP contribution in [0.25, 0.3) is 0 Å². The molecule has 0 aliphatic carbocycles. The Bertz CT molecular complexity index is 991. The first-order valence-corrected chi connectivity index (χ1v) is 10.6. The number of carbonyl (C=O) groups is 2. The lowest BCUT2D eigenvalue weighted by atomic mass is 10.1. The SMILES string of the molecule is O=C1Nc2cc(Cl)ccc2C(=O)N2CC[C@H](NS(=O)(=O)c3cccs3)[C@@H]12. The van der Waals surface area contributed by atoms with Gasteiger partial charge in [-0.25, -0.2) is 13.1 Å². The van der Waals surface area contributed by atoms with Crippen LogP contribution in [0.2, 0.25) is 5.02 Å². The molecule has 7 nitrogen and oxygen atoms in total. The van der Waals surface area contributed by atoms with Crippen LogP contribution in [-0.2, 0) is 14.8 Å². The fourth-order valence-electron chi connectivity index (χ4n) is 3.31. The van der Waals surface area contributed by atoms with Crippen molar-refractivity contribution in [3.8, 4) is 0 Å². The Kier molecular flexibility index (Phi) is 4.26. The molecule has 0 spiro atoms. The van der Waals surface area contributed by atoms with Crippen molar-refractivity contribution >= 4 is 50.5 Å². The maximum absolute atomic E-state index is 12.8. The van der Waals surface area contributed by atoms with Crippen LogP contribution in [0.4, 0.5) is 5.69 Å². The number of nitrogens with one attached hydrogen (secondary N) is 2. The molecule has 1 saturated heterocycles. The van der Waals surface area contributed by atoms with Gasteiger partial charge in [-0.05, 0) is 36.1 Å². The summed E-state index contributed by atoms with van der Waals surface area (Å²) in [4.78, 5) is 27.0. The molecule has 2 N–H and O–H groups in total. The Morgan fingerprint density at radius 1 is 1.27 bits per heavy atom. The predicted molar refractivity (Wildman–Crippen MR) is 98.0 cm³/mol. The number of hydrogen-bond acceptors (Lipinski definition) is 5. The molecule has 3 heterocycles. The average Bonchev–Trinajstić information content (AvgIpc) is 3.22. The molecular formula is C16H14ClN3O4S2. The molecule has 2 atom stereocenters. The summed E-state index contributed by atoms with van der Waals surface area (Å²) in [5.74, 6) is -0.756. The lowest BCUT2D eigenvalue weighted by molar-refractivity contribution is -0.120. The minimum atomic E-state index is -3.75. The van der Waals surface area contributed by atoms with Gasteiger partial charge in [0, 0.05) is 11.6 Å². The zero-order valence-corrected chi connectivity index (χ0v) is 15.7. The van der Waals surface area contributed by atoms with Crippen LogP contribution in [0.3, 0.4) is 0 Å². The van der Waals surface area contributed by atoms with Gasteiger partial charge in [0.1, 0.15) is 10.3 Å². The monoisotopic (exact) mass is 411 g/mol. The van der Waals surface area contributed by atoms with Crippen LogP contribution in [-0.4, -0.2) is 43.8 Å². The van der Waals surface area contributed by atoms with Crippen LogP contribution >= 0.6 is 22.9 Å². The number of benzene rings is 1. The largest absolute Gasteiger partial charge is 0.325 e. The summed E-state index contributed by atoms with van der Waals surface area (Å²) in [5, 5.41) is 4.76. The molecule has 0 saturated carbocycles. The van der Waals surface area contributed by atoms with Crippen molar-refractivity contribution in [1.82, 2.24) is 9.62 Å². The lowest BCUT2D eigenvalue weighted by Crippen LogP contribution is -2.51. The van der Waals surface area contributed by atoms with Gasteiger partial charge in [0.25, 0.3) is 5.91 Å². The number of rotatable bonds is 3. The maximum Gasteiger partial charge on any atom is 0.256 e. The van der Waals surface area contributed by atoms with E-state index in [1.807, 2.05) is 0 Å². The van der Waals surface area contributed by atoms with Crippen LogP contribution in [0.5, 0.6) is 0 Å². The number of thiophene rings is 1. The van der Waals surface area contributed by atoms with Crippen LogP contribution < -0.4 is 10.0 Å². The molecule has 0 radical (unpaired) electrons. The topological polar surface area (TPSA) is 95.6 Å². The highest BCUT2D eigenvalue weighted by molar-refractivity contribution is 7.91. The number of fused-ring (bicyclic) bond motifs is 2. The second kappa shape index (κ2) is 6.34. The normalized spacial score (nSPS) is 22.6. The van der Waals surface area contributed by atoms with E-state index in [9.17, 15) is 18.0 Å². The van der Waals surface area contributed by atoms with E-state index in [1.54, 1.807) is 23.6 Å². The summed E-state index contributed by atoms with van der Waals surface area (Å²) in [5.41, 5.74) is 0.675. The summed E-state index contributed by atoms with van der Waals surface area (Å²) in [6, 6.07) is 6.18. The number of carbonyl (C=O) groups excluding carboxylic acids is 2. The molecule has 1 aromatic carbocycles. The Morgan fingerprint density at radius 2 is 2.08 bits per heavy atom. The van der Waals surface area contributed by atoms with E-state index >= 15 is 0 Å². The number of amides is 2. The first kappa shape index (κ1) is 17.5. The number of anilines is 1. The van der Waals surface area contributed by atoms with E-state index in [2.05, 4.69) is 10.0 Å². The van der Waals surface area contributed by atoms with E-state index in [4.69, 9.17) is 11.6 Å². The zero-order valence-electron chi connectivity index (χ0n) is 13.3. The maximum atomic E-state index is 12.8. The van der Waals surface area contributed by atoms with Gasteiger partial charge in [0.2, 0.25) is 15.9 Å². The van der Waals surface area contributed by atoms with Gasteiger partial charge in [-0.15, -0.1) is 11.3 Å². The highest BCUT2D eigenvalue weighted by Gasteiger charge is 2.46. The molecule has 26 heavy (non-hydrogen) atoms. The third-order valence-corrected chi connectivity index (χ3v) is 7.59. The van der Waals surface area contributed by atoms with Gasteiger partial charge >= 0.3 is 0 Å². The molecule has 10 heteroatoms. The smallest absolute Gasteiger partial charge is 0.256 e. The van der Waals surface area contributed by atoms with E-state index in [0.29, 0.717) is 22.7 Å². The fraction of sp³-hybridized carbons (Fsp3) is 0.250. The number of halogens is 1. The zero-order chi connectivity index (χ0) is 18.5. The minimum Gasteiger partial charge on any atom is -0.325 e. The highest BCUT2D eigenvalue weighted by Crippen LogP contribution is 2.31. The molecular weight excluding hydrogens is 398 g/mol. The van der Waals surface area contributed by atoms with Gasteiger partial charge < -0.3 is 10.2 Å². The summed E-state index contributed by atoms with van der Waals surface area (Å²) in [7, 11) is -3.75. The summed E-state index contributed by atoms with van der Waals surface area (Å²) < 4.78 is 27.8. The van der Waals surface area contributed by atoms with Crippen LogP contribution in [0.1, 0.15) is 16.8 Å². The molecule has 4 rings (SSSR count). The molecule has 0 unspecified atom stereocenters. The lowest BCUT2D eigenvalue weighted by Gasteiger charge is -2.24. The molecule has 2 aliphatic rings. The third-order valence-electron chi connectivity index (χ3n) is 4.46. The molecule has 2 aromatic rings. The van der Waals surface area contributed by atoms with E-state index in [1.165, 1.54) is 17.0 Å². The van der Waals surface area contributed by atoms with Crippen LogP contribution in [0.15, 0.2) is 39.9 Å². The van der Waals surface area contributed by atoms with Gasteiger partial charge in [0.15, 0.2) is 0 Å². The number of hydrogen-bond donors (Lipinski definition) is 2. The van der Waals surface area contributed by atoms with Crippen molar-refractivity contribution in [2.75, 3.05) is 11.9 Å². The van der Waals surface area contributed by atoms with Crippen molar-refractivity contribution in [3.63, 3.8) is 0 Å². The van der Waals surface area contributed by atoms with Crippen molar-refractivity contribution in [3.05, 3.63) is 46.3 Å². The summed E-state index contributed by atoms with van der Waals surface area (Å²) in [6.45, 7) is 0.288. The van der Waals surface area contributed by atoms with Crippen molar-refractivity contribution in [2.24, 2.45) is 0 Å². The Labute approximate surface area is 159 Å². The van der Waals surface area contributed by atoms with E-state index < -0.39 is 28.0 Å². The average molecular weight is 412 g/mol. The van der Waals surface area contributed by atoms with Crippen molar-refractivity contribution in [2.45, 2.75) is 22.7 Å². The molecule has 0 bridgehead atoms. The minimum absolute atomic E-state index is 0.173. The van der Waals surface area contributed by atoms with E-state index in [0.717, 1.165) is 11.3 Å². The van der Waals surface area contributed by atoms with Crippen molar-refractivity contribution < 1.29 is 18.0 Å². The number of sulfonamides is 1. The quantitative estimate of drug-likeness (QED) is 0.806. The predicted octanol–water partition coefficient (Wildman–Crippen LogP) is 1.92. The Balaban J connectivity index is 1.66. The fourth-order valence-corrected chi connectivity index (χ4v) is 5.77. The first-order chi connectivity index (χ1) is 12.4. The van der Waals surface area contributed by atoms with Crippen LogP contribution in [0, 0.1) is 0 Å². The number of nitrogens with zero attached hydrogens (tertiary/aromatic N) is 1.